The Morgan fingerprint density at radius 3 is 2.81 bits per heavy atom. The van der Waals surface area contributed by atoms with Gasteiger partial charge in [0.05, 0.1) is 16.7 Å². The summed E-state index contributed by atoms with van der Waals surface area (Å²) in [5.41, 5.74) is 0.749. The van der Waals surface area contributed by atoms with Crippen LogP contribution >= 0.6 is 15.9 Å². The van der Waals surface area contributed by atoms with Crippen LogP contribution in [-0.4, -0.2) is 23.9 Å². The van der Waals surface area contributed by atoms with Crippen LogP contribution in [0, 0.1) is 5.82 Å². The van der Waals surface area contributed by atoms with E-state index < -0.39 is 6.10 Å². The van der Waals surface area contributed by atoms with Gasteiger partial charge in [-0.2, -0.15) is 0 Å². The molecule has 4 heteroatoms. The number of benzene rings is 1. The van der Waals surface area contributed by atoms with Crippen LogP contribution in [0.1, 0.15) is 19.4 Å². The summed E-state index contributed by atoms with van der Waals surface area (Å²) >= 11 is 3.17. The van der Waals surface area contributed by atoms with E-state index in [1.807, 2.05) is 6.92 Å². The third-order valence-corrected chi connectivity index (χ3v) is 3.32. The van der Waals surface area contributed by atoms with Crippen molar-refractivity contribution in [2.45, 2.75) is 32.5 Å². The van der Waals surface area contributed by atoms with Crippen molar-refractivity contribution >= 4 is 15.9 Å². The summed E-state index contributed by atoms with van der Waals surface area (Å²) in [6.07, 6.45) is -0.502. The predicted octanol–water partition coefficient (Wildman–Crippen LogP) is 2.92. The number of hydrogen-bond acceptors (Lipinski definition) is 2. The Morgan fingerprint density at radius 2 is 2.19 bits per heavy atom. The van der Waals surface area contributed by atoms with E-state index in [-0.39, 0.29) is 11.9 Å². The Balaban J connectivity index is 2.69. The van der Waals surface area contributed by atoms with Gasteiger partial charge in [-0.1, -0.05) is 12.1 Å². The van der Waals surface area contributed by atoms with Gasteiger partial charge < -0.3 is 9.84 Å². The highest BCUT2D eigenvalue weighted by atomic mass is 79.9. The van der Waals surface area contributed by atoms with E-state index in [1.54, 1.807) is 19.1 Å². The minimum Gasteiger partial charge on any atom is -0.390 e. The van der Waals surface area contributed by atoms with Crippen molar-refractivity contribution in [3.05, 3.63) is 34.1 Å². The highest BCUT2D eigenvalue weighted by molar-refractivity contribution is 9.10. The Bertz CT molecular complexity index is 344. The Kier molecular flexibility index (Phi) is 5.38. The molecule has 0 aliphatic carbocycles. The van der Waals surface area contributed by atoms with Crippen LogP contribution in [0.5, 0.6) is 0 Å². The van der Waals surface area contributed by atoms with E-state index >= 15 is 0 Å². The van der Waals surface area contributed by atoms with Crippen LogP contribution in [0.2, 0.25) is 0 Å². The lowest BCUT2D eigenvalue weighted by molar-refractivity contribution is -0.0209. The Labute approximate surface area is 104 Å². The molecule has 0 aliphatic rings. The quantitative estimate of drug-likeness (QED) is 0.904. The number of rotatable bonds is 5. The van der Waals surface area contributed by atoms with Crippen molar-refractivity contribution in [1.29, 1.82) is 0 Å². The molecule has 2 nitrogen and oxygen atoms in total. The SMILES string of the molecule is CCOC(C)C(O)Cc1cccc(F)c1Br. The van der Waals surface area contributed by atoms with Gasteiger partial charge in [0.15, 0.2) is 0 Å². The molecule has 0 bridgehead atoms. The molecule has 2 atom stereocenters. The highest BCUT2D eigenvalue weighted by Gasteiger charge is 2.17. The summed E-state index contributed by atoms with van der Waals surface area (Å²) in [6, 6.07) is 4.80. The van der Waals surface area contributed by atoms with E-state index in [2.05, 4.69) is 15.9 Å². The summed E-state index contributed by atoms with van der Waals surface area (Å²) in [7, 11) is 0. The molecule has 0 aliphatic heterocycles. The molecular weight excluding hydrogens is 275 g/mol. The predicted molar refractivity (Wildman–Crippen MR) is 64.9 cm³/mol. The zero-order valence-corrected chi connectivity index (χ0v) is 11.0. The largest absolute Gasteiger partial charge is 0.390 e. The molecule has 0 spiro atoms. The molecular formula is C12H16BrFO2. The summed E-state index contributed by atoms with van der Waals surface area (Å²) in [4.78, 5) is 0. The monoisotopic (exact) mass is 290 g/mol. The maximum Gasteiger partial charge on any atom is 0.137 e. The molecule has 1 rings (SSSR count). The minimum absolute atomic E-state index is 0.250. The fourth-order valence-corrected chi connectivity index (χ4v) is 1.90. The van der Waals surface area contributed by atoms with E-state index in [1.165, 1.54) is 6.07 Å². The van der Waals surface area contributed by atoms with E-state index in [0.29, 0.717) is 17.5 Å². The van der Waals surface area contributed by atoms with Crippen molar-refractivity contribution in [2.24, 2.45) is 0 Å². The van der Waals surface area contributed by atoms with Gasteiger partial charge in [-0.3, -0.25) is 0 Å². The summed E-state index contributed by atoms with van der Waals surface area (Å²) < 4.78 is 18.9. The molecule has 90 valence electrons. The first-order valence-electron chi connectivity index (χ1n) is 5.28. The summed E-state index contributed by atoms with van der Waals surface area (Å²) in [6.45, 7) is 4.24. The average molecular weight is 291 g/mol. The van der Waals surface area contributed by atoms with Gasteiger partial charge in [0, 0.05) is 13.0 Å². The van der Waals surface area contributed by atoms with E-state index in [9.17, 15) is 9.50 Å². The third kappa shape index (κ3) is 3.54. The lowest BCUT2D eigenvalue weighted by Gasteiger charge is -2.19. The standard InChI is InChI=1S/C12H16BrFO2/c1-3-16-8(2)11(15)7-9-5-4-6-10(14)12(9)13/h4-6,8,11,15H,3,7H2,1-2H3. The van der Waals surface area contributed by atoms with Crippen LogP contribution in [0.25, 0.3) is 0 Å². The zero-order valence-electron chi connectivity index (χ0n) is 9.41. The maximum atomic E-state index is 13.2. The topological polar surface area (TPSA) is 29.5 Å². The van der Waals surface area contributed by atoms with Gasteiger partial charge in [0.1, 0.15) is 5.82 Å². The Morgan fingerprint density at radius 1 is 1.50 bits per heavy atom. The fraction of sp³-hybridized carbons (Fsp3) is 0.500. The highest BCUT2D eigenvalue weighted by Crippen LogP contribution is 2.22. The molecule has 0 saturated carbocycles. The second-order valence-electron chi connectivity index (χ2n) is 3.64. The van der Waals surface area contributed by atoms with E-state index in [4.69, 9.17) is 4.74 Å². The van der Waals surface area contributed by atoms with Gasteiger partial charge in [-0.25, -0.2) is 4.39 Å². The maximum absolute atomic E-state index is 13.2. The first-order valence-corrected chi connectivity index (χ1v) is 6.08. The van der Waals surface area contributed by atoms with Crippen molar-refractivity contribution in [2.75, 3.05) is 6.61 Å². The van der Waals surface area contributed by atoms with Gasteiger partial charge in [0.2, 0.25) is 0 Å². The second kappa shape index (κ2) is 6.33. The minimum atomic E-state index is -0.627. The zero-order chi connectivity index (χ0) is 12.1. The third-order valence-electron chi connectivity index (χ3n) is 2.43. The molecule has 1 N–H and O–H groups in total. The van der Waals surface area contributed by atoms with Crippen LogP contribution in [0.3, 0.4) is 0 Å². The lowest BCUT2D eigenvalue weighted by Crippen LogP contribution is -2.28. The first kappa shape index (κ1) is 13.6. The Hall–Kier alpha value is -0.450. The van der Waals surface area contributed by atoms with Gasteiger partial charge in [-0.15, -0.1) is 0 Å². The number of halogens is 2. The van der Waals surface area contributed by atoms with Gasteiger partial charge in [0.25, 0.3) is 0 Å². The van der Waals surface area contributed by atoms with Crippen molar-refractivity contribution in [3.63, 3.8) is 0 Å². The van der Waals surface area contributed by atoms with Gasteiger partial charge in [-0.05, 0) is 41.4 Å². The van der Waals surface area contributed by atoms with E-state index in [0.717, 1.165) is 5.56 Å². The van der Waals surface area contributed by atoms with Crippen LogP contribution in [0.4, 0.5) is 4.39 Å². The molecule has 0 radical (unpaired) electrons. The second-order valence-corrected chi connectivity index (χ2v) is 4.44. The molecule has 1 aromatic rings. The molecule has 0 fully saturated rings. The molecule has 0 heterocycles. The number of hydrogen-bond donors (Lipinski definition) is 1. The van der Waals surface area contributed by atoms with Crippen LogP contribution in [0.15, 0.2) is 22.7 Å². The normalized spacial score (nSPS) is 14.8. The first-order chi connectivity index (χ1) is 7.56. The fourth-order valence-electron chi connectivity index (χ4n) is 1.47. The summed E-state index contributed by atoms with van der Waals surface area (Å²) in [5, 5.41) is 9.85. The molecule has 1 aromatic carbocycles. The number of aliphatic hydroxyl groups excluding tert-OH is 1. The number of aliphatic hydroxyl groups is 1. The average Bonchev–Trinajstić information content (AvgIpc) is 2.25. The van der Waals surface area contributed by atoms with Gasteiger partial charge >= 0.3 is 0 Å². The van der Waals surface area contributed by atoms with Crippen molar-refractivity contribution < 1.29 is 14.2 Å². The van der Waals surface area contributed by atoms with Crippen molar-refractivity contribution in [3.8, 4) is 0 Å². The van der Waals surface area contributed by atoms with Crippen LogP contribution < -0.4 is 0 Å². The molecule has 0 amide bonds. The lowest BCUT2D eigenvalue weighted by atomic mass is 10.0. The van der Waals surface area contributed by atoms with Crippen molar-refractivity contribution in [1.82, 2.24) is 0 Å². The molecule has 0 saturated heterocycles. The van der Waals surface area contributed by atoms with Crippen LogP contribution in [-0.2, 0) is 11.2 Å². The smallest absolute Gasteiger partial charge is 0.137 e. The molecule has 2 unspecified atom stereocenters. The molecule has 0 aromatic heterocycles. The summed E-state index contributed by atoms with van der Waals surface area (Å²) in [5.74, 6) is -0.311. The number of ether oxygens (including phenoxy) is 1. The molecule has 16 heavy (non-hydrogen) atoms.